The third-order valence-electron chi connectivity index (χ3n) is 2.37. The highest BCUT2D eigenvalue weighted by Crippen LogP contribution is 1.83. The molecule has 14 heavy (non-hydrogen) atoms. The van der Waals surface area contributed by atoms with Crippen LogP contribution in [0.25, 0.3) is 11.8 Å². The number of aromatic nitrogens is 1. The molecule has 0 saturated heterocycles. The van der Waals surface area contributed by atoms with Crippen molar-refractivity contribution in [3.63, 3.8) is 0 Å². The van der Waals surface area contributed by atoms with Crippen LogP contribution in [0.4, 0.5) is 0 Å². The number of hydrogen-bond acceptors (Lipinski definition) is 1. The van der Waals surface area contributed by atoms with Crippen molar-refractivity contribution in [2.75, 3.05) is 0 Å². The molecule has 0 aromatic carbocycles. The van der Waals surface area contributed by atoms with Crippen LogP contribution in [0, 0.1) is 6.92 Å². The molecule has 0 bridgehead atoms. The Morgan fingerprint density at radius 1 is 1.36 bits per heavy atom. The maximum absolute atomic E-state index is 11.5. The van der Waals surface area contributed by atoms with Crippen molar-refractivity contribution in [1.82, 2.24) is 4.57 Å². The molecule has 1 aliphatic carbocycles. The van der Waals surface area contributed by atoms with Gasteiger partial charge < -0.3 is 4.57 Å². The van der Waals surface area contributed by atoms with Crippen molar-refractivity contribution in [3.05, 3.63) is 50.8 Å². The van der Waals surface area contributed by atoms with Gasteiger partial charge in [-0.3, -0.25) is 4.79 Å². The summed E-state index contributed by atoms with van der Waals surface area (Å²) in [6.45, 7) is 1.93. The Morgan fingerprint density at radius 2 is 2.14 bits per heavy atom. The first-order valence-corrected chi connectivity index (χ1v) is 4.50. The van der Waals surface area contributed by atoms with Gasteiger partial charge in [-0.15, -0.1) is 5.73 Å². The predicted molar refractivity (Wildman–Crippen MR) is 57.3 cm³/mol. The second-order valence-corrected chi connectivity index (χ2v) is 3.35. The van der Waals surface area contributed by atoms with E-state index in [2.05, 4.69) is 5.73 Å². The Balaban J connectivity index is 3.16. The van der Waals surface area contributed by atoms with E-state index in [-0.39, 0.29) is 5.56 Å². The summed E-state index contributed by atoms with van der Waals surface area (Å²) >= 11 is 0. The first-order valence-electron chi connectivity index (χ1n) is 4.50. The molecule has 0 atom stereocenters. The van der Waals surface area contributed by atoms with Gasteiger partial charge in [-0.2, -0.15) is 0 Å². The molecule has 0 fully saturated rings. The normalized spacial score (nSPS) is 12.7. The van der Waals surface area contributed by atoms with Crippen LogP contribution >= 0.6 is 0 Å². The number of nitrogens with zero attached hydrogens (tertiary/aromatic N) is 1. The molecular weight excluding hydrogens is 174 g/mol. The average Bonchev–Trinajstić information content (AvgIpc) is 2.39. The van der Waals surface area contributed by atoms with Gasteiger partial charge >= 0.3 is 0 Å². The zero-order chi connectivity index (χ0) is 10.1. The summed E-state index contributed by atoms with van der Waals surface area (Å²) in [4.78, 5) is 11.5. The van der Waals surface area contributed by atoms with Crippen LogP contribution in [-0.2, 0) is 7.05 Å². The zero-order valence-corrected chi connectivity index (χ0v) is 8.24. The standard InChI is InChI=1S/C12H11NO/c1-9-8-12(14)13(2)11-7-5-3-4-6-10(9)11/h3-5,7-8H,1-2H3. The Labute approximate surface area is 81.8 Å². The molecule has 0 spiro atoms. The summed E-state index contributed by atoms with van der Waals surface area (Å²) in [5.74, 6) is 0. The number of aryl methyl sites for hydroxylation is 1. The Hall–Kier alpha value is -1.79. The molecule has 2 nitrogen and oxygen atoms in total. The van der Waals surface area contributed by atoms with Crippen LogP contribution < -0.4 is 16.1 Å². The van der Waals surface area contributed by atoms with E-state index in [1.165, 1.54) is 0 Å². The van der Waals surface area contributed by atoms with E-state index in [0.29, 0.717) is 0 Å². The lowest BCUT2D eigenvalue weighted by Gasteiger charge is -2.00. The third kappa shape index (κ3) is 1.26. The predicted octanol–water partition coefficient (Wildman–Crippen LogP) is -0.0204. The first-order chi connectivity index (χ1) is 6.70. The van der Waals surface area contributed by atoms with Crippen molar-refractivity contribution in [3.8, 4) is 0 Å². The van der Waals surface area contributed by atoms with Gasteiger partial charge in [0.25, 0.3) is 5.56 Å². The third-order valence-corrected chi connectivity index (χ3v) is 2.37. The van der Waals surface area contributed by atoms with E-state index < -0.39 is 0 Å². The topological polar surface area (TPSA) is 22.0 Å². The van der Waals surface area contributed by atoms with Gasteiger partial charge in [-0.25, -0.2) is 0 Å². The van der Waals surface area contributed by atoms with Crippen LogP contribution in [0.5, 0.6) is 0 Å². The SMILES string of the molecule is Cc1cc(=O)n(C)c2c1=C=CC=CC=2. The molecule has 0 amide bonds. The summed E-state index contributed by atoms with van der Waals surface area (Å²) in [5.41, 5.74) is 4.15. The molecule has 0 aliphatic heterocycles. The van der Waals surface area contributed by atoms with E-state index >= 15 is 0 Å². The minimum atomic E-state index is 0.0228. The largest absolute Gasteiger partial charge is 0.311 e. The minimum Gasteiger partial charge on any atom is -0.311 e. The molecular formula is C12H11NO. The van der Waals surface area contributed by atoms with Gasteiger partial charge in [0.2, 0.25) is 0 Å². The fourth-order valence-corrected chi connectivity index (χ4v) is 1.56. The molecule has 2 heteroatoms. The molecule has 1 aliphatic rings. The lowest BCUT2D eigenvalue weighted by molar-refractivity contribution is 0.813. The van der Waals surface area contributed by atoms with Crippen LogP contribution in [0.15, 0.2) is 29.1 Å². The molecule has 1 aromatic rings. The maximum atomic E-state index is 11.5. The molecule has 1 heterocycles. The van der Waals surface area contributed by atoms with E-state index in [0.717, 1.165) is 16.1 Å². The van der Waals surface area contributed by atoms with E-state index in [4.69, 9.17) is 0 Å². The van der Waals surface area contributed by atoms with Gasteiger partial charge in [-0.1, -0.05) is 12.2 Å². The van der Waals surface area contributed by atoms with Crippen LogP contribution in [-0.4, -0.2) is 4.57 Å². The summed E-state index contributed by atoms with van der Waals surface area (Å²) in [7, 11) is 1.78. The molecule has 1 aromatic heterocycles. The number of fused-ring (bicyclic) bond motifs is 1. The van der Waals surface area contributed by atoms with E-state index in [9.17, 15) is 4.79 Å². The summed E-state index contributed by atoms with van der Waals surface area (Å²) in [6.07, 6.45) is 7.61. The van der Waals surface area contributed by atoms with Crippen molar-refractivity contribution < 1.29 is 0 Å². The van der Waals surface area contributed by atoms with Crippen LogP contribution in [0.3, 0.4) is 0 Å². The summed E-state index contributed by atoms with van der Waals surface area (Å²) in [6, 6.07) is 1.64. The Morgan fingerprint density at radius 3 is 2.93 bits per heavy atom. The lowest BCUT2D eigenvalue weighted by Crippen LogP contribution is -2.42. The first kappa shape index (κ1) is 8.79. The molecule has 0 unspecified atom stereocenters. The van der Waals surface area contributed by atoms with E-state index in [1.807, 2.05) is 31.2 Å². The Bertz CT molecular complexity index is 611. The second-order valence-electron chi connectivity index (χ2n) is 3.35. The molecule has 0 saturated carbocycles. The molecule has 0 N–H and O–H groups in total. The van der Waals surface area contributed by atoms with Crippen LogP contribution in [0.1, 0.15) is 5.56 Å². The highest BCUT2D eigenvalue weighted by atomic mass is 16.1. The minimum absolute atomic E-state index is 0.0228. The Kier molecular flexibility index (Phi) is 1.99. The lowest BCUT2D eigenvalue weighted by atomic mass is 10.2. The van der Waals surface area contributed by atoms with Crippen LogP contribution in [0.2, 0.25) is 0 Å². The number of hydrogen-bond donors (Lipinski definition) is 0. The number of rotatable bonds is 0. The molecule has 0 radical (unpaired) electrons. The maximum Gasteiger partial charge on any atom is 0.251 e. The molecule has 70 valence electrons. The molecule has 2 rings (SSSR count). The van der Waals surface area contributed by atoms with E-state index in [1.54, 1.807) is 17.7 Å². The zero-order valence-electron chi connectivity index (χ0n) is 8.24. The van der Waals surface area contributed by atoms with Gasteiger partial charge in [-0.05, 0) is 24.6 Å². The van der Waals surface area contributed by atoms with Crippen molar-refractivity contribution in [2.45, 2.75) is 6.92 Å². The van der Waals surface area contributed by atoms with Gasteiger partial charge in [0.05, 0.1) is 5.35 Å². The van der Waals surface area contributed by atoms with Gasteiger partial charge in [0, 0.05) is 18.3 Å². The fourth-order valence-electron chi connectivity index (χ4n) is 1.56. The summed E-state index contributed by atoms with van der Waals surface area (Å²) < 4.78 is 1.64. The van der Waals surface area contributed by atoms with Gasteiger partial charge in [0.15, 0.2) is 0 Å². The van der Waals surface area contributed by atoms with Crippen molar-refractivity contribution in [1.29, 1.82) is 0 Å². The highest BCUT2D eigenvalue weighted by Gasteiger charge is 1.98. The monoisotopic (exact) mass is 185 g/mol. The highest BCUT2D eigenvalue weighted by molar-refractivity contribution is 5.44. The smallest absolute Gasteiger partial charge is 0.251 e. The van der Waals surface area contributed by atoms with Gasteiger partial charge in [0.1, 0.15) is 0 Å². The fraction of sp³-hybridized carbons (Fsp3) is 0.167. The second kappa shape index (κ2) is 3.17. The number of pyridine rings is 1. The summed E-state index contributed by atoms with van der Waals surface area (Å²) in [5, 5.41) is 1.91. The average molecular weight is 185 g/mol. The quantitative estimate of drug-likeness (QED) is 0.557. The van der Waals surface area contributed by atoms with Crippen molar-refractivity contribution >= 4 is 11.8 Å². The number of allylic oxidation sites excluding steroid dienone is 3. The van der Waals surface area contributed by atoms with Crippen molar-refractivity contribution in [2.24, 2.45) is 7.05 Å².